The molecule has 10 rings (SSSR count). The molecule has 7 atom stereocenters. The molecule has 0 radical (unpaired) electrons. The first-order chi connectivity index (χ1) is 40.8. The Kier molecular flexibility index (Phi) is 19.9. The average Bonchev–Trinajstić information content (AvgIpc) is 3.57. The molecule has 26 heteroatoms. The number of thioether (sulfide) groups is 2. The Morgan fingerprint density at radius 1 is 0.694 bits per heavy atom. The average molecular weight is 1210 g/mol. The zero-order valence-corrected chi connectivity index (χ0v) is 48.7. The minimum Gasteiger partial charge on any atom is -0.497 e. The molecule has 6 heterocycles. The van der Waals surface area contributed by atoms with Crippen molar-refractivity contribution < 1.29 is 56.6 Å². The lowest BCUT2D eigenvalue weighted by Gasteiger charge is -2.36. The van der Waals surface area contributed by atoms with E-state index in [1.165, 1.54) is 78.2 Å². The number of methoxy groups -OCH3 is 1. The second-order valence-electron chi connectivity index (χ2n) is 21.4. The minimum absolute atomic E-state index is 0.00164. The number of benzene rings is 4. The molecule has 4 aromatic carbocycles. The molecule has 11 N–H and O–H groups in total. The van der Waals surface area contributed by atoms with Crippen LogP contribution in [0.25, 0.3) is 21.8 Å². The van der Waals surface area contributed by atoms with E-state index in [-0.39, 0.29) is 50.4 Å². The summed E-state index contributed by atoms with van der Waals surface area (Å²) in [6, 6.07) is 15.2. The number of amides is 10. The molecule has 22 nitrogen and oxygen atoms in total. The van der Waals surface area contributed by atoms with E-state index in [9.17, 15) is 42.3 Å². The van der Waals surface area contributed by atoms with Gasteiger partial charge in [0.05, 0.1) is 7.11 Å². The summed E-state index contributed by atoms with van der Waals surface area (Å²) >= 11 is 3.15. The third-order valence-electron chi connectivity index (χ3n) is 15.2. The van der Waals surface area contributed by atoms with Gasteiger partial charge in [-0.05, 0) is 110 Å². The van der Waals surface area contributed by atoms with Crippen LogP contribution in [-0.2, 0) is 53.1 Å². The van der Waals surface area contributed by atoms with E-state index in [1.54, 1.807) is 49.1 Å². The molecule has 2 aromatic heterocycles. The second kappa shape index (κ2) is 27.6. The highest BCUT2D eigenvalue weighted by molar-refractivity contribution is 7.98. The molecule has 6 aromatic rings. The summed E-state index contributed by atoms with van der Waals surface area (Å²) in [5.41, 5.74) is 9.11. The Labute approximate surface area is 496 Å². The van der Waals surface area contributed by atoms with Crippen LogP contribution in [0, 0.1) is 11.6 Å². The van der Waals surface area contributed by atoms with Crippen molar-refractivity contribution in [1.29, 1.82) is 0 Å². The van der Waals surface area contributed by atoms with Crippen LogP contribution in [0.1, 0.15) is 61.8 Å². The van der Waals surface area contributed by atoms with Crippen LogP contribution >= 0.6 is 23.5 Å². The van der Waals surface area contributed by atoms with Crippen LogP contribution in [0.4, 0.5) is 18.4 Å². The topological polar surface area (TPSA) is 303 Å². The van der Waals surface area contributed by atoms with Gasteiger partial charge in [-0.15, -0.1) is 0 Å². The van der Waals surface area contributed by atoms with E-state index in [4.69, 9.17) is 15.2 Å². The molecule has 85 heavy (non-hydrogen) atoms. The summed E-state index contributed by atoms with van der Waals surface area (Å²) in [5.74, 6) is -2.34. The van der Waals surface area contributed by atoms with Crippen LogP contribution in [0.5, 0.6) is 11.5 Å². The summed E-state index contributed by atoms with van der Waals surface area (Å²) in [7, 11) is 1.48. The van der Waals surface area contributed by atoms with Crippen molar-refractivity contribution in [1.82, 2.24) is 57.0 Å². The first-order valence-corrected chi connectivity index (χ1v) is 30.1. The maximum absolute atomic E-state index is 15.3. The maximum Gasteiger partial charge on any atom is 0.322 e. The Hall–Kier alpha value is -8.36. The quantitative estimate of drug-likeness (QED) is 0.105. The second-order valence-corrected chi connectivity index (χ2v) is 23.6. The van der Waals surface area contributed by atoms with Gasteiger partial charge in [0.2, 0.25) is 29.5 Å². The Bertz CT molecular complexity index is 3440. The fraction of sp³-hybridized carbons (Fsp3) is 0.390. The molecule has 2 fully saturated rings. The number of nitrogens with one attached hydrogen (secondary N) is 9. The molecule has 2 bridgehead atoms. The number of hydrogen-bond acceptors (Lipinski definition) is 13. The Morgan fingerprint density at radius 2 is 1.31 bits per heavy atom. The van der Waals surface area contributed by atoms with Gasteiger partial charge in [-0.25, -0.2) is 18.4 Å². The van der Waals surface area contributed by atoms with E-state index in [1.807, 2.05) is 24.3 Å². The number of fused-ring (bicyclic) bond motifs is 28. The first-order valence-electron chi connectivity index (χ1n) is 27.8. The van der Waals surface area contributed by atoms with Crippen LogP contribution in [0.3, 0.4) is 0 Å². The Balaban J connectivity index is 1.02. The monoisotopic (exact) mass is 1210 g/mol. The summed E-state index contributed by atoms with van der Waals surface area (Å²) < 4.78 is 41.1. The summed E-state index contributed by atoms with van der Waals surface area (Å²) in [6.45, 7) is 3.40. The number of H-pyrrole nitrogens is 2. The van der Waals surface area contributed by atoms with Crippen LogP contribution in [0.15, 0.2) is 97.3 Å². The third kappa shape index (κ3) is 15.3. The molecule has 4 aliphatic heterocycles. The predicted octanol–water partition coefficient (Wildman–Crippen LogP) is 4.56. The number of halogens is 2. The van der Waals surface area contributed by atoms with Crippen LogP contribution in [0.2, 0.25) is 0 Å². The van der Waals surface area contributed by atoms with Gasteiger partial charge in [0.25, 0.3) is 12.1 Å². The molecule has 10 amide bonds. The maximum atomic E-state index is 15.3. The summed E-state index contributed by atoms with van der Waals surface area (Å²) in [5, 5.41) is 19.3. The number of urea groups is 2. The lowest BCUT2D eigenvalue weighted by molar-refractivity contribution is -0.150. The van der Waals surface area contributed by atoms with Gasteiger partial charge >= 0.3 is 12.1 Å². The fourth-order valence-electron chi connectivity index (χ4n) is 10.6. The fourth-order valence-corrected chi connectivity index (χ4v) is 12.4. The number of nitrogens with two attached hydrogens (primary N) is 1. The first kappa shape index (κ1) is 61.2. The standard InChI is InChI=1S/C59H68F2N12O10S2/c1-33-51(75)70-57(80)68-47(23-36-28-64-45-15-9-38(60)25-43(36)45)52(76)67-48(24-37-29-65-46-16-10-39(61)26-44(37)46)54(77)72-30-40(62)27-49(72)69-58(81)71-53(83-42-13-11-41(82-3)12-14-42)55(78)73-20-4-18-59(73,2)56(79)63-19-22-85-32-35-7-5-34(6-8-35)31-84-21-17-50(74)66-33/h5-16,25-26,28-29,33,40,47-49,53,64-65H,4,17-24,27,30-32,62H2,1-3H3,(H,63,79)(H,66,74)(H,67,76)(H2,69,71,81)(H2,68,70,75,80)/t33-,40-,47?,48+,49-,53-,59-/m0/s1. The number of nitrogens with zero attached hydrogens (tertiary/aromatic N) is 2. The zero-order valence-electron chi connectivity index (χ0n) is 47.0. The van der Waals surface area contributed by atoms with Crippen molar-refractivity contribution in [2.45, 2.75) is 106 Å². The van der Waals surface area contributed by atoms with E-state index in [2.05, 4.69) is 47.2 Å². The van der Waals surface area contributed by atoms with Crippen molar-refractivity contribution in [3.8, 4) is 11.5 Å². The van der Waals surface area contributed by atoms with E-state index >= 15 is 4.79 Å². The lowest BCUT2D eigenvalue weighted by Crippen LogP contribution is -2.63. The molecule has 1 unspecified atom stereocenters. The van der Waals surface area contributed by atoms with Gasteiger partial charge in [0, 0.05) is 109 Å². The smallest absolute Gasteiger partial charge is 0.322 e. The van der Waals surface area contributed by atoms with Gasteiger partial charge in [0.15, 0.2) is 0 Å². The van der Waals surface area contributed by atoms with Gasteiger partial charge in [-0.3, -0.25) is 39.4 Å². The van der Waals surface area contributed by atoms with Gasteiger partial charge < -0.3 is 61.6 Å². The van der Waals surface area contributed by atoms with Crippen LogP contribution < -0.4 is 52.4 Å². The van der Waals surface area contributed by atoms with Gasteiger partial charge in [0.1, 0.15) is 53.0 Å². The SMILES string of the molecule is COc1ccc(O[C@@H]2NC(=O)N[C@@H]3C[C@H](N)CN3C(=O)[C@@H](Cc3c[nH]c4ccc(F)cc34)NC(=O)C(Cc3c[nH]c4ccc(F)cc34)NC(=O)NC(=O)[C@H](C)NC(=O)CCSCc3ccc(cc3)CSCCNC(=O)[C@]3(C)CCCN3C2=O)cc1. The number of aromatic nitrogens is 2. The number of aromatic amines is 2. The third-order valence-corrected chi connectivity index (χ3v) is 17.3. The predicted molar refractivity (Wildman–Crippen MR) is 317 cm³/mol. The number of carbonyl (C=O) groups is 8. The van der Waals surface area contributed by atoms with Crippen molar-refractivity contribution in [2.75, 3.05) is 38.2 Å². The highest BCUT2D eigenvalue weighted by Gasteiger charge is 2.48. The highest BCUT2D eigenvalue weighted by Crippen LogP contribution is 2.32. The lowest BCUT2D eigenvalue weighted by atomic mass is 9.97. The molecule has 4 aliphatic rings. The molecular weight excluding hydrogens is 1140 g/mol. The van der Waals surface area contributed by atoms with Gasteiger partial charge in [-0.1, -0.05) is 24.3 Å². The molecule has 0 spiro atoms. The summed E-state index contributed by atoms with van der Waals surface area (Å²) in [4.78, 5) is 122. The zero-order chi connectivity index (χ0) is 60.4. The van der Waals surface area contributed by atoms with Crippen molar-refractivity contribution in [3.05, 3.63) is 131 Å². The summed E-state index contributed by atoms with van der Waals surface area (Å²) in [6.07, 6.45) is 0.487. The molecule has 2 saturated heterocycles. The van der Waals surface area contributed by atoms with Crippen molar-refractivity contribution >= 4 is 92.8 Å². The molecular formula is C59H68F2N12O10S2. The van der Waals surface area contributed by atoms with E-state index < -0.39 is 95.3 Å². The number of rotatable bonds is 7. The molecule has 0 saturated carbocycles. The molecule has 0 aliphatic carbocycles. The minimum atomic E-state index is -1.72. The normalized spacial score (nSPS) is 24.2. The van der Waals surface area contributed by atoms with Crippen molar-refractivity contribution in [3.63, 3.8) is 0 Å². The van der Waals surface area contributed by atoms with E-state index in [0.717, 1.165) is 11.1 Å². The number of hydrogen-bond donors (Lipinski definition) is 10. The van der Waals surface area contributed by atoms with E-state index in [0.29, 0.717) is 81.1 Å². The number of ether oxygens (including phenoxy) is 2. The number of imide groups is 1. The number of carbonyl (C=O) groups excluding carboxylic acids is 8. The highest BCUT2D eigenvalue weighted by atomic mass is 32.2. The van der Waals surface area contributed by atoms with Crippen LogP contribution in [-0.4, -0.2) is 148 Å². The van der Waals surface area contributed by atoms with Gasteiger partial charge in [-0.2, -0.15) is 23.5 Å². The Morgan fingerprint density at radius 3 is 1.94 bits per heavy atom. The molecule has 450 valence electrons. The largest absolute Gasteiger partial charge is 0.497 e. The van der Waals surface area contributed by atoms with Crippen molar-refractivity contribution in [2.24, 2.45) is 5.73 Å².